The van der Waals surface area contributed by atoms with Gasteiger partial charge in [-0.1, -0.05) is 13.0 Å². The third-order valence-corrected chi connectivity index (χ3v) is 7.91. The van der Waals surface area contributed by atoms with Crippen LogP contribution in [0.4, 0.5) is 18.9 Å². The minimum atomic E-state index is -4.35. The molecule has 3 aliphatic rings. The molecule has 1 aromatic carbocycles. The Labute approximate surface area is 196 Å². The molecule has 0 radical (unpaired) electrons. The van der Waals surface area contributed by atoms with Crippen LogP contribution in [-0.4, -0.2) is 60.5 Å². The van der Waals surface area contributed by atoms with Crippen molar-refractivity contribution in [2.75, 3.05) is 44.2 Å². The van der Waals surface area contributed by atoms with Crippen molar-refractivity contribution in [2.45, 2.75) is 71.0 Å². The molecule has 3 heterocycles. The Bertz CT molecular complexity index is 855. The van der Waals surface area contributed by atoms with Crippen LogP contribution in [0.2, 0.25) is 0 Å². The number of carbonyl (C=O) groups is 1. The molecular formula is C26H38F3N3O. The van der Waals surface area contributed by atoms with Gasteiger partial charge in [-0.2, -0.15) is 13.2 Å². The Kier molecular flexibility index (Phi) is 6.74. The van der Waals surface area contributed by atoms with Crippen LogP contribution in [0.3, 0.4) is 0 Å². The summed E-state index contributed by atoms with van der Waals surface area (Å²) in [6.07, 6.45) is -0.665. The molecule has 4 nitrogen and oxygen atoms in total. The molecule has 0 N–H and O–H groups in total. The van der Waals surface area contributed by atoms with E-state index in [0.29, 0.717) is 19.0 Å². The molecule has 0 bridgehead atoms. The summed E-state index contributed by atoms with van der Waals surface area (Å²) >= 11 is 0. The van der Waals surface area contributed by atoms with Crippen molar-refractivity contribution in [3.05, 3.63) is 29.3 Å². The normalized spacial score (nSPS) is 25.8. The number of benzene rings is 1. The van der Waals surface area contributed by atoms with Crippen molar-refractivity contribution >= 4 is 11.6 Å². The number of carbonyl (C=O) groups excluding carboxylic acids is 1. The molecule has 3 fully saturated rings. The first-order valence-corrected chi connectivity index (χ1v) is 12.4. The van der Waals surface area contributed by atoms with Gasteiger partial charge in [0, 0.05) is 49.9 Å². The molecule has 1 amide bonds. The van der Waals surface area contributed by atoms with Crippen LogP contribution in [0, 0.1) is 11.8 Å². The smallest absolute Gasteiger partial charge is 0.371 e. The molecule has 0 saturated carbocycles. The van der Waals surface area contributed by atoms with E-state index in [0.717, 1.165) is 63.1 Å². The maximum absolute atomic E-state index is 13.5. The molecule has 184 valence electrons. The maximum Gasteiger partial charge on any atom is 0.416 e. The van der Waals surface area contributed by atoms with Gasteiger partial charge in [0.15, 0.2) is 0 Å². The lowest BCUT2D eigenvalue weighted by Crippen LogP contribution is -2.41. The third-order valence-electron chi connectivity index (χ3n) is 7.91. The second kappa shape index (κ2) is 9.12. The minimum Gasteiger partial charge on any atom is -0.371 e. The van der Waals surface area contributed by atoms with Crippen molar-refractivity contribution in [3.8, 4) is 0 Å². The Morgan fingerprint density at radius 1 is 0.939 bits per heavy atom. The molecule has 0 spiro atoms. The van der Waals surface area contributed by atoms with Crippen LogP contribution >= 0.6 is 0 Å². The van der Waals surface area contributed by atoms with Crippen LogP contribution < -0.4 is 4.90 Å². The number of hydrogen-bond donors (Lipinski definition) is 0. The Morgan fingerprint density at radius 2 is 1.64 bits per heavy atom. The van der Waals surface area contributed by atoms with E-state index in [4.69, 9.17) is 0 Å². The van der Waals surface area contributed by atoms with Crippen LogP contribution in [0.15, 0.2) is 18.2 Å². The molecule has 33 heavy (non-hydrogen) atoms. The first-order chi connectivity index (χ1) is 15.4. The average Bonchev–Trinajstić information content (AvgIpc) is 3.43. The van der Waals surface area contributed by atoms with Gasteiger partial charge in [0.25, 0.3) is 0 Å². The van der Waals surface area contributed by atoms with Crippen molar-refractivity contribution in [1.82, 2.24) is 9.80 Å². The highest BCUT2D eigenvalue weighted by molar-refractivity contribution is 5.80. The number of likely N-dealkylation sites (tertiary alicyclic amines) is 2. The second-order valence-corrected chi connectivity index (χ2v) is 11.3. The van der Waals surface area contributed by atoms with Crippen LogP contribution in [0.5, 0.6) is 0 Å². The van der Waals surface area contributed by atoms with E-state index in [1.54, 1.807) is 6.07 Å². The van der Waals surface area contributed by atoms with E-state index >= 15 is 0 Å². The number of amides is 1. The summed E-state index contributed by atoms with van der Waals surface area (Å²) in [4.78, 5) is 19.7. The summed E-state index contributed by atoms with van der Waals surface area (Å²) < 4.78 is 40.5. The number of alkyl halides is 3. The molecule has 0 aliphatic carbocycles. The first-order valence-electron chi connectivity index (χ1n) is 12.4. The molecule has 1 aromatic rings. The molecule has 2 atom stereocenters. The second-order valence-electron chi connectivity index (χ2n) is 11.3. The van der Waals surface area contributed by atoms with E-state index in [9.17, 15) is 18.0 Å². The fourth-order valence-electron chi connectivity index (χ4n) is 5.63. The summed E-state index contributed by atoms with van der Waals surface area (Å²) in [5, 5.41) is 0. The molecular weight excluding hydrogens is 427 g/mol. The van der Waals surface area contributed by atoms with Crippen molar-refractivity contribution in [2.24, 2.45) is 11.8 Å². The summed E-state index contributed by atoms with van der Waals surface area (Å²) in [5.41, 5.74) is 1.16. The van der Waals surface area contributed by atoms with Crippen LogP contribution in [0.25, 0.3) is 0 Å². The predicted octanol–water partition coefficient (Wildman–Crippen LogP) is 5.38. The highest BCUT2D eigenvalue weighted by Gasteiger charge is 2.39. The Morgan fingerprint density at radius 3 is 2.24 bits per heavy atom. The quantitative estimate of drug-likeness (QED) is 0.600. The van der Waals surface area contributed by atoms with Crippen molar-refractivity contribution < 1.29 is 18.0 Å². The number of nitrogens with zero attached hydrogens (tertiary/aromatic N) is 3. The van der Waals surface area contributed by atoms with Gasteiger partial charge in [-0.05, 0) is 76.6 Å². The number of anilines is 1. The summed E-state index contributed by atoms with van der Waals surface area (Å²) in [6, 6.07) is 4.23. The third kappa shape index (κ3) is 5.33. The lowest BCUT2D eigenvalue weighted by atomic mass is 9.92. The lowest BCUT2D eigenvalue weighted by molar-refractivity contribution is -0.137. The van der Waals surface area contributed by atoms with Crippen molar-refractivity contribution in [1.29, 1.82) is 0 Å². The number of hydrogen-bond acceptors (Lipinski definition) is 3. The zero-order valence-corrected chi connectivity index (χ0v) is 20.4. The van der Waals surface area contributed by atoms with E-state index in [-0.39, 0.29) is 23.3 Å². The zero-order chi connectivity index (χ0) is 24.0. The topological polar surface area (TPSA) is 26.8 Å². The van der Waals surface area contributed by atoms with Gasteiger partial charge in [0.2, 0.25) is 5.91 Å². The number of halogens is 3. The van der Waals surface area contributed by atoms with E-state index in [1.165, 1.54) is 12.1 Å². The van der Waals surface area contributed by atoms with E-state index in [2.05, 4.69) is 37.5 Å². The van der Waals surface area contributed by atoms with E-state index < -0.39 is 11.7 Å². The van der Waals surface area contributed by atoms with Gasteiger partial charge >= 0.3 is 6.18 Å². The largest absolute Gasteiger partial charge is 0.416 e. The molecule has 3 saturated heterocycles. The van der Waals surface area contributed by atoms with Gasteiger partial charge < -0.3 is 9.80 Å². The molecule has 4 rings (SSSR count). The SMILES string of the molecule is CC1CCN(c2cc(C(F)(F)F)ccc2C2CCN(C(=O)C3CCN(C(C)(C)C)C3)C2)CC1. The Balaban J connectivity index is 1.50. The van der Waals surface area contributed by atoms with Crippen LogP contribution in [0.1, 0.15) is 70.4 Å². The highest BCUT2D eigenvalue weighted by Crippen LogP contribution is 2.40. The first kappa shape index (κ1) is 24.4. The fourth-order valence-corrected chi connectivity index (χ4v) is 5.63. The molecule has 0 aromatic heterocycles. The van der Waals surface area contributed by atoms with Gasteiger partial charge in [-0.15, -0.1) is 0 Å². The van der Waals surface area contributed by atoms with E-state index in [1.807, 2.05) is 4.90 Å². The summed E-state index contributed by atoms with van der Waals surface area (Å²) in [6.45, 7) is 13.3. The van der Waals surface area contributed by atoms with Gasteiger partial charge in [-0.25, -0.2) is 0 Å². The number of rotatable bonds is 3. The predicted molar refractivity (Wildman–Crippen MR) is 125 cm³/mol. The highest BCUT2D eigenvalue weighted by atomic mass is 19.4. The molecule has 2 unspecified atom stereocenters. The lowest BCUT2D eigenvalue weighted by Gasteiger charge is -2.35. The van der Waals surface area contributed by atoms with Crippen molar-refractivity contribution in [3.63, 3.8) is 0 Å². The monoisotopic (exact) mass is 465 g/mol. The van der Waals surface area contributed by atoms with Crippen LogP contribution in [-0.2, 0) is 11.0 Å². The Hall–Kier alpha value is -1.76. The van der Waals surface area contributed by atoms with Gasteiger partial charge in [0.05, 0.1) is 11.5 Å². The molecule has 3 aliphatic heterocycles. The van der Waals surface area contributed by atoms with Gasteiger partial charge in [0.1, 0.15) is 0 Å². The summed E-state index contributed by atoms with van der Waals surface area (Å²) in [5.74, 6) is 0.933. The molecule has 7 heteroatoms. The van der Waals surface area contributed by atoms with Gasteiger partial charge in [-0.3, -0.25) is 9.69 Å². The average molecular weight is 466 g/mol. The fraction of sp³-hybridized carbons (Fsp3) is 0.731. The number of piperidine rings is 1. The summed E-state index contributed by atoms with van der Waals surface area (Å²) in [7, 11) is 0. The standard InChI is InChI=1S/C26H38F3N3O/c1-18-7-11-30(12-8-18)23-15-21(26(27,28)29)5-6-22(23)19-9-13-31(16-19)24(33)20-10-14-32(17-20)25(2,3)4/h5-6,15,18-20H,7-14,16-17H2,1-4H3. The minimum absolute atomic E-state index is 0.0265. The zero-order valence-electron chi connectivity index (χ0n) is 20.4. The maximum atomic E-state index is 13.5.